The zero-order valence-corrected chi connectivity index (χ0v) is 11.1. The van der Waals surface area contributed by atoms with Crippen LogP contribution in [-0.4, -0.2) is 36.6 Å². The zero-order valence-electron chi connectivity index (χ0n) is 11.1. The van der Waals surface area contributed by atoms with Gasteiger partial charge in [-0.25, -0.2) is 0 Å². The van der Waals surface area contributed by atoms with Crippen LogP contribution < -0.4 is 0 Å². The number of hydrogen-bond acceptors (Lipinski definition) is 2. The van der Waals surface area contributed by atoms with Crippen molar-refractivity contribution < 1.29 is 9.90 Å². The lowest BCUT2D eigenvalue weighted by Crippen LogP contribution is -2.31. The zero-order chi connectivity index (χ0) is 12.7. The Morgan fingerprint density at radius 1 is 1.41 bits per heavy atom. The minimum atomic E-state index is 0.0504. The Hall–Kier alpha value is -0.830. The van der Waals surface area contributed by atoms with Crippen LogP contribution in [0.1, 0.15) is 44.9 Å². The summed E-state index contributed by atoms with van der Waals surface area (Å²) in [4.78, 5) is 13.6. The molecule has 1 aliphatic rings. The number of carbonyl (C=O) groups excluding carboxylic acids is 1. The number of aliphatic hydroxyl groups excluding tert-OH is 1. The van der Waals surface area contributed by atoms with Gasteiger partial charge < -0.3 is 10.0 Å². The summed E-state index contributed by atoms with van der Waals surface area (Å²) >= 11 is 0. The van der Waals surface area contributed by atoms with E-state index in [1.54, 1.807) is 4.90 Å². The van der Waals surface area contributed by atoms with E-state index in [1.807, 2.05) is 14.1 Å². The smallest absolute Gasteiger partial charge is 0.222 e. The summed E-state index contributed by atoms with van der Waals surface area (Å²) in [7, 11) is 3.63. The Bertz CT molecular complexity index is 273. The van der Waals surface area contributed by atoms with Crippen LogP contribution in [0.15, 0.2) is 12.2 Å². The van der Waals surface area contributed by atoms with Gasteiger partial charge in [-0.2, -0.15) is 0 Å². The molecule has 0 aromatic rings. The molecule has 0 spiro atoms. The highest BCUT2D eigenvalue weighted by atomic mass is 16.2. The minimum Gasteiger partial charge on any atom is -0.396 e. The lowest BCUT2D eigenvalue weighted by atomic mass is 9.72. The van der Waals surface area contributed by atoms with Crippen molar-refractivity contribution in [3.63, 3.8) is 0 Å². The van der Waals surface area contributed by atoms with Crippen LogP contribution >= 0.6 is 0 Å². The van der Waals surface area contributed by atoms with Gasteiger partial charge in [-0.3, -0.25) is 4.79 Å². The molecular formula is C14H25NO2. The Labute approximate surface area is 105 Å². The van der Waals surface area contributed by atoms with Crippen molar-refractivity contribution in [1.82, 2.24) is 4.90 Å². The molecule has 1 aliphatic carbocycles. The molecule has 0 unspecified atom stereocenters. The number of amides is 1. The second-order valence-electron chi connectivity index (χ2n) is 5.30. The summed E-state index contributed by atoms with van der Waals surface area (Å²) in [5.74, 6) is 0.209. The molecule has 1 rings (SSSR count). The van der Waals surface area contributed by atoms with Gasteiger partial charge in [0.15, 0.2) is 0 Å². The van der Waals surface area contributed by atoms with E-state index in [4.69, 9.17) is 5.11 Å². The fourth-order valence-corrected chi connectivity index (χ4v) is 2.48. The molecule has 0 saturated carbocycles. The first-order chi connectivity index (χ1) is 8.09. The molecule has 1 atom stereocenters. The maximum absolute atomic E-state index is 11.9. The molecule has 98 valence electrons. The van der Waals surface area contributed by atoms with E-state index in [1.165, 1.54) is 6.42 Å². The summed E-state index contributed by atoms with van der Waals surface area (Å²) in [6, 6.07) is 0. The molecule has 0 radical (unpaired) electrons. The molecule has 0 heterocycles. The van der Waals surface area contributed by atoms with Gasteiger partial charge in [0.25, 0.3) is 0 Å². The minimum absolute atomic E-state index is 0.0504. The van der Waals surface area contributed by atoms with Gasteiger partial charge in [0.1, 0.15) is 0 Å². The Morgan fingerprint density at radius 3 is 2.71 bits per heavy atom. The quantitative estimate of drug-likeness (QED) is 0.571. The maximum Gasteiger partial charge on any atom is 0.222 e. The number of allylic oxidation sites excluding steroid dienone is 2. The van der Waals surface area contributed by atoms with E-state index in [0.29, 0.717) is 6.42 Å². The highest BCUT2D eigenvalue weighted by molar-refractivity contribution is 5.76. The van der Waals surface area contributed by atoms with E-state index in [0.717, 1.165) is 32.1 Å². The van der Waals surface area contributed by atoms with Crippen molar-refractivity contribution in [3.8, 4) is 0 Å². The van der Waals surface area contributed by atoms with Crippen molar-refractivity contribution in [1.29, 1.82) is 0 Å². The number of hydrogen-bond donors (Lipinski definition) is 1. The molecule has 0 saturated heterocycles. The topological polar surface area (TPSA) is 40.5 Å². The number of carbonyl (C=O) groups is 1. The SMILES string of the molecule is CN(C)C(=O)C[C@@]1(CCCCO)C=CCCC1. The molecule has 3 heteroatoms. The number of rotatable bonds is 6. The van der Waals surface area contributed by atoms with Crippen molar-refractivity contribution >= 4 is 5.91 Å². The van der Waals surface area contributed by atoms with Gasteiger partial charge >= 0.3 is 0 Å². The van der Waals surface area contributed by atoms with Crippen molar-refractivity contribution in [2.75, 3.05) is 20.7 Å². The van der Waals surface area contributed by atoms with E-state index in [9.17, 15) is 4.79 Å². The van der Waals surface area contributed by atoms with Gasteiger partial charge in [0, 0.05) is 27.1 Å². The second-order valence-corrected chi connectivity index (χ2v) is 5.30. The van der Waals surface area contributed by atoms with E-state index in [2.05, 4.69) is 12.2 Å². The van der Waals surface area contributed by atoms with Gasteiger partial charge in [-0.15, -0.1) is 0 Å². The average Bonchev–Trinajstić information content (AvgIpc) is 2.30. The van der Waals surface area contributed by atoms with Crippen LogP contribution in [0.2, 0.25) is 0 Å². The molecule has 17 heavy (non-hydrogen) atoms. The van der Waals surface area contributed by atoms with Gasteiger partial charge in [0.2, 0.25) is 5.91 Å². The normalized spacial score (nSPS) is 23.7. The van der Waals surface area contributed by atoms with Crippen LogP contribution in [-0.2, 0) is 4.79 Å². The summed E-state index contributed by atoms with van der Waals surface area (Å²) in [5, 5.41) is 8.86. The third-order valence-corrected chi connectivity index (χ3v) is 3.60. The average molecular weight is 239 g/mol. The Kier molecular flexibility index (Phi) is 5.69. The van der Waals surface area contributed by atoms with Crippen molar-refractivity contribution in [3.05, 3.63) is 12.2 Å². The van der Waals surface area contributed by atoms with Crippen LogP contribution in [0, 0.1) is 5.41 Å². The standard InChI is InChI=1S/C14H25NO2/c1-15(2)13(17)12-14(10-6-7-11-16)8-4-3-5-9-14/h4,8,16H,3,5-7,9-12H2,1-2H3/t14-/m0/s1. The third kappa shape index (κ3) is 4.50. The van der Waals surface area contributed by atoms with Crippen LogP contribution in [0.3, 0.4) is 0 Å². The lowest BCUT2D eigenvalue weighted by molar-refractivity contribution is -0.130. The predicted molar refractivity (Wildman–Crippen MR) is 69.7 cm³/mol. The number of aliphatic hydroxyl groups is 1. The van der Waals surface area contributed by atoms with Crippen molar-refractivity contribution in [2.24, 2.45) is 5.41 Å². The first kappa shape index (κ1) is 14.2. The van der Waals surface area contributed by atoms with E-state index >= 15 is 0 Å². The second kappa shape index (κ2) is 6.80. The van der Waals surface area contributed by atoms with Gasteiger partial charge in [-0.05, 0) is 37.5 Å². The molecule has 0 bridgehead atoms. The van der Waals surface area contributed by atoms with Crippen molar-refractivity contribution in [2.45, 2.75) is 44.9 Å². The highest BCUT2D eigenvalue weighted by Crippen LogP contribution is 2.39. The maximum atomic E-state index is 11.9. The molecule has 3 nitrogen and oxygen atoms in total. The van der Waals surface area contributed by atoms with E-state index < -0.39 is 0 Å². The fourth-order valence-electron chi connectivity index (χ4n) is 2.48. The largest absolute Gasteiger partial charge is 0.396 e. The highest BCUT2D eigenvalue weighted by Gasteiger charge is 2.31. The third-order valence-electron chi connectivity index (χ3n) is 3.60. The summed E-state index contributed by atoms with van der Waals surface area (Å²) < 4.78 is 0. The molecule has 1 amide bonds. The first-order valence-corrected chi connectivity index (χ1v) is 6.58. The van der Waals surface area contributed by atoms with E-state index in [-0.39, 0.29) is 17.9 Å². The molecular weight excluding hydrogens is 214 g/mol. The van der Waals surface area contributed by atoms with Gasteiger partial charge in [-0.1, -0.05) is 18.6 Å². The monoisotopic (exact) mass is 239 g/mol. The summed E-state index contributed by atoms with van der Waals surface area (Å²) in [5.41, 5.74) is 0.0504. The first-order valence-electron chi connectivity index (χ1n) is 6.58. The van der Waals surface area contributed by atoms with Gasteiger partial charge in [0.05, 0.1) is 0 Å². The van der Waals surface area contributed by atoms with Crippen LogP contribution in [0.5, 0.6) is 0 Å². The molecule has 1 N–H and O–H groups in total. The lowest BCUT2D eigenvalue weighted by Gasteiger charge is -2.33. The summed E-state index contributed by atoms with van der Waals surface area (Å²) in [6.45, 7) is 0.251. The molecule has 0 aromatic heterocycles. The molecule has 0 aliphatic heterocycles. The molecule has 0 aromatic carbocycles. The fraction of sp³-hybridized carbons (Fsp3) is 0.786. The Balaban J connectivity index is 2.61. The van der Waals surface area contributed by atoms with Crippen LogP contribution in [0.4, 0.5) is 0 Å². The Morgan fingerprint density at radius 2 is 2.18 bits per heavy atom. The predicted octanol–water partition coefficient (Wildman–Crippen LogP) is 2.35. The number of unbranched alkanes of at least 4 members (excludes halogenated alkanes) is 1. The molecule has 0 fully saturated rings. The van der Waals surface area contributed by atoms with Crippen LogP contribution in [0.25, 0.3) is 0 Å². The number of nitrogens with zero attached hydrogens (tertiary/aromatic N) is 1. The summed E-state index contributed by atoms with van der Waals surface area (Å²) in [6.07, 6.45) is 11.3.